The van der Waals surface area contributed by atoms with Crippen LogP contribution in [0.2, 0.25) is 0 Å². The number of aryl methyl sites for hydroxylation is 3. The summed E-state index contributed by atoms with van der Waals surface area (Å²) in [5, 5.41) is 0. The molecule has 1 unspecified atom stereocenters. The highest BCUT2D eigenvalue weighted by Crippen LogP contribution is 2.24. The van der Waals surface area contributed by atoms with Crippen molar-refractivity contribution in [2.24, 2.45) is 0 Å². The zero-order valence-electron chi connectivity index (χ0n) is 19.1. The second-order valence-electron chi connectivity index (χ2n) is 8.07. The second-order valence-corrected chi connectivity index (χ2v) is 9.72. The monoisotopic (exact) mass is 465 g/mol. The molecule has 6 nitrogen and oxygen atoms in total. The number of sulfonamides is 1. The van der Waals surface area contributed by atoms with E-state index in [0.29, 0.717) is 16.7 Å². The first-order chi connectivity index (χ1) is 15.6. The van der Waals surface area contributed by atoms with Gasteiger partial charge in [-0.2, -0.15) is 4.72 Å². The molecule has 1 atom stereocenters. The highest BCUT2D eigenvalue weighted by Gasteiger charge is 2.29. The van der Waals surface area contributed by atoms with Crippen LogP contribution in [0.5, 0.6) is 0 Å². The molecule has 3 aromatic rings. The van der Waals surface area contributed by atoms with Gasteiger partial charge in [-0.15, -0.1) is 0 Å². The van der Waals surface area contributed by atoms with Gasteiger partial charge in [-0.25, -0.2) is 8.42 Å². The Morgan fingerprint density at radius 2 is 1.61 bits per heavy atom. The smallest absolute Gasteiger partial charge is 0.324 e. The minimum Gasteiger partial charge on any atom is -0.468 e. The summed E-state index contributed by atoms with van der Waals surface area (Å²) in [6, 6.07) is 17.2. The summed E-state index contributed by atoms with van der Waals surface area (Å²) >= 11 is 0. The van der Waals surface area contributed by atoms with Crippen LogP contribution in [0.1, 0.15) is 32.6 Å². The van der Waals surface area contributed by atoms with Crippen molar-refractivity contribution >= 4 is 22.3 Å². The Kier molecular flexibility index (Phi) is 7.46. The number of rotatable bonds is 8. The second kappa shape index (κ2) is 10.1. The van der Waals surface area contributed by atoms with Gasteiger partial charge in [-0.05, 0) is 61.1 Å². The van der Waals surface area contributed by atoms with Crippen molar-refractivity contribution in [2.45, 2.75) is 38.1 Å². The van der Waals surface area contributed by atoms with Gasteiger partial charge in [-0.3, -0.25) is 9.59 Å². The van der Waals surface area contributed by atoms with Gasteiger partial charge < -0.3 is 4.74 Å². The van der Waals surface area contributed by atoms with Gasteiger partial charge in [0.05, 0.1) is 12.0 Å². The molecule has 0 spiro atoms. The van der Waals surface area contributed by atoms with Crippen LogP contribution in [-0.2, 0) is 26.0 Å². The third-order valence-corrected chi connectivity index (χ3v) is 7.18. The summed E-state index contributed by atoms with van der Waals surface area (Å²) < 4.78 is 33.7. The fraction of sp³-hybridized carbons (Fsp3) is 0.231. The Hall–Kier alpha value is -3.29. The van der Waals surface area contributed by atoms with Gasteiger partial charge in [0.2, 0.25) is 10.0 Å². The molecular weight excluding hydrogens is 438 g/mol. The fourth-order valence-electron chi connectivity index (χ4n) is 4.01. The molecule has 7 heteroatoms. The lowest BCUT2D eigenvalue weighted by Crippen LogP contribution is -2.43. The molecule has 0 saturated carbocycles. The maximum Gasteiger partial charge on any atom is 0.324 e. The van der Waals surface area contributed by atoms with Crippen molar-refractivity contribution < 1.29 is 22.7 Å². The molecule has 0 heterocycles. The normalized spacial score (nSPS) is 12.2. The fourth-order valence-corrected chi connectivity index (χ4v) is 5.65. The van der Waals surface area contributed by atoms with Crippen LogP contribution in [0, 0.1) is 20.8 Å². The molecule has 33 heavy (non-hydrogen) atoms. The Morgan fingerprint density at radius 3 is 2.18 bits per heavy atom. The quantitative estimate of drug-likeness (QED) is 0.399. The van der Waals surface area contributed by atoms with Crippen LogP contribution in [0.15, 0.2) is 65.6 Å². The van der Waals surface area contributed by atoms with Crippen LogP contribution in [0.3, 0.4) is 0 Å². The zero-order valence-corrected chi connectivity index (χ0v) is 19.9. The zero-order chi connectivity index (χ0) is 24.2. The highest BCUT2D eigenvalue weighted by atomic mass is 32.2. The molecule has 0 radical (unpaired) electrons. The van der Waals surface area contributed by atoms with Gasteiger partial charge in [0, 0.05) is 5.56 Å². The predicted molar refractivity (Wildman–Crippen MR) is 128 cm³/mol. The molecule has 0 aliphatic heterocycles. The van der Waals surface area contributed by atoms with Crippen molar-refractivity contribution in [3.8, 4) is 11.1 Å². The number of hydrogen-bond acceptors (Lipinski definition) is 5. The minimum atomic E-state index is -3.96. The van der Waals surface area contributed by atoms with E-state index in [0.717, 1.165) is 28.5 Å². The van der Waals surface area contributed by atoms with E-state index in [1.807, 2.05) is 43.3 Å². The highest BCUT2D eigenvalue weighted by molar-refractivity contribution is 7.89. The SMILES string of the molecule is COC(=O)C(Cc1ccc(-c2cccc(C=O)c2)cc1)NS(=O)(=O)c1c(C)cc(C)cc1C. The number of methoxy groups -OCH3 is 1. The summed E-state index contributed by atoms with van der Waals surface area (Å²) in [4.78, 5) is 23.6. The van der Waals surface area contributed by atoms with Crippen LogP contribution in [-0.4, -0.2) is 33.8 Å². The van der Waals surface area contributed by atoms with E-state index in [4.69, 9.17) is 4.74 Å². The topological polar surface area (TPSA) is 89.5 Å². The lowest BCUT2D eigenvalue weighted by atomic mass is 10.00. The molecule has 0 aromatic heterocycles. The van der Waals surface area contributed by atoms with Crippen LogP contribution < -0.4 is 4.72 Å². The Morgan fingerprint density at radius 1 is 0.970 bits per heavy atom. The Balaban J connectivity index is 1.86. The van der Waals surface area contributed by atoms with E-state index in [1.54, 1.807) is 38.1 Å². The van der Waals surface area contributed by atoms with E-state index in [1.165, 1.54) is 7.11 Å². The molecule has 0 fully saturated rings. The number of nitrogens with one attached hydrogen (secondary N) is 1. The lowest BCUT2D eigenvalue weighted by molar-refractivity contribution is -0.142. The average molecular weight is 466 g/mol. The standard InChI is InChI=1S/C26H27NO5S/c1-17-12-18(2)25(19(3)13-17)33(30,31)27-24(26(29)32-4)15-20-8-10-22(11-9-20)23-7-5-6-21(14-23)16-28/h5-14,16,24,27H,15H2,1-4H3. The third-order valence-electron chi connectivity index (χ3n) is 5.41. The molecule has 0 amide bonds. The van der Waals surface area contributed by atoms with Crippen LogP contribution in [0.25, 0.3) is 11.1 Å². The molecule has 172 valence electrons. The minimum absolute atomic E-state index is 0.129. The molecule has 3 aromatic carbocycles. The predicted octanol–water partition coefficient (Wildman–Crippen LogP) is 4.15. The van der Waals surface area contributed by atoms with Gasteiger partial charge >= 0.3 is 5.97 Å². The molecular formula is C26H27NO5S. The average Bonchev–Trinajstić information content (AvgIpc) is 2.77. The van der Waals surface area contributed by atoms with Crippen molar-refractivity contribution in [2.75, 3.05) is 7.11 Å². The number of esters is 1. The number of aldehydes is 1. The van der Waals surface area contributed by atoms with Gasteiger partial charge in [0.25, 0.3) is 0 Å². The molecule has 0 saturated heterocycles. The first kappa shape index (κ1) is 24.4. The van der Waals surface area contributed by atoms with E-state index >= 15 is 0 Å². The molecule has 0 aliphatic rings. The molecule has 3 rings (SSSR count). The van der Waals surface area contributed by atoms with Crippen LogP contribution >= 0.6 is 0 Å². The first-order valence-electron chi connectivity index (χ1n) is 10.5. The van der Waals surface area contributed by atoms with Crippen molar-refractivity contribution in [1.82, 2.24) is 4.72 Å². The largest absolute Gasteiger partial charge is 0.468 e. The van der Waals surface area contributed by atoms with Gasteiger partial charge in [0.1, 0.15) is 12.3 Å². The summed E-state index contributed by atoms with van der Waals surface area (Å²) in [6.45, 7) is 5.38. The third kappa shape index (κ3) is 5.74. The van der Waals surface area contributed by atoms with Crippen molar-refractivity contribution in [1.29, 1.82) is 0 Å². The maximum absolute atomic E-state index is 13.2. The summed E-state index contributed by atoms with van der Waals surface area (Å²) in [5.41, 5.74) is 5.34. The molecule has 0 aliphatic carbocycles. The molecule has 0 bridgehead atoms. The van der Waals surface area contributed by atoms with Gasteiger partial charge in [-0.1, -0.05) is 60.2 Å². The Bertz CT molecular complexity index is 1260. The number of ether oxygens (including phenoxy) is 1. The van der Waals surface area contributed by atoms with E-state index in [9.17, 15) is 18.0 Å². The van der Waals surface area contributed by atoms with E-state index in [2.05, 4.69) is 4.72 Å². The van der Waals surface area contributed by atoms with Crippen molar-refractivity contribution in [3.63, 3.8) is 0 Å². The van der Waals surface area contributed by atoms with Crippen molar-refractivity contribution in [3.05, 3.63) is 88.5 Å². The number of benzene rings is 3. The van der Waals surface area contributed by atoms with E-state index < -0.39 is 22.0 Å². The number of carbonyl (C=O) groups excluding carboxylic acids is 2. The molecule has 1 N–H and O–H groups in total. The lowest BCUT2D eigenvalue weighted by Gasteiger charge is -2.19. The number of hydrogen-bond donors (Lipinski definition) is 1. The Labute approximate surface area is 194 Å². The van der Waals surface area contributed by atoms with Crippen LogP contribution in [0.4, 0.5) is 0 Å². The summed E-state index contributed by atoms with van der Waals surface area (Å²) in [6.07, 6.45) is 0.924. The first-order valence-corrected chi connectivity index (χ1v) is 12.0. The van der Waals surface area contributed by atoms with E-state index in [-0.39, 0.29) is 11.3 Å². The number of carbonyl (C=O) groups is 2. The summed E-state index contributed by atoms with van der Waals surface area (Å²) in [5.74, 6) is -0.663. The van der Waals surface area contributed by atoms with Gasteiger partial charge in [0.15, 0.2) is 0 Å². The maximum atomic E-state index is 13.2. The summed E-state index contributed by atoms with van der Waals surface area (Å²) in [7, 11) is -2.72.